The molecule has 51 heavy (non-hydrogen) atoms. The summed E-state index contributed by atoms with van der Waals surface area (Å²) in [5.41, 5.74) is 0. The lowest BCUT2D eigenvalue weighted by atomic mass is 9.94. The van der Waals surface area contributed by atoms with Crippen molar-refractivity contribution in [1.29, 1.82) is 0 Å². The average molecular weight is 723 g/mol. The molecule has 0 N–H and O–H groups in total. The molecule has 0 aromatic heterocycles. The van der Waals surface area contributed by atoms with Gasteiger partial charge in [-0.25, -0.2) is 0 Å². The van der Waals surface area contributed by atoms with Gasteiger partial charge in [-0.05, 0) is 50.9 Å². The summed E-state index contributed by atoms with van der Waals surface area (Å²) in [5, 5.41) is 0. The van der Waals surface area contributed by atoms with Crippen molar-refractivity contribution in [1.82, 2.24) is 0 Å². The Hall–Kier alpha value is -0.720. The van der Waals surface area contributed by atoms with Gasteiger partial charge in [-0.2, -0.15) is 0 Å². The largest absolute Gasteiger partial charge is 0.379 e. The van der Waals surface area contributed by atoms with Gasteiger partial charge in [0.1, 0.15) is 0 Å². The molecule has 0 atom stereocenters. The Morgan fingerprint density at radius 2 is 0.627 bits per heavy atom. The molecule has 0 rings (SSSR count). The van der Waals surface area contributed by atoms with Gasteiger partial charge in [0.15, 0.2) is 0 Å². The highest BCUT2D eigenvalue weighted by Gasteiger charge is 2.09. The Morgan fingerprint density at radius 1 is 0.333 bits per heavy atom. The van der Waals surface area contributed by atoms with E-state index in [0.717, 1.165) is 13.2 Å². The Morgan fingerprint density at radius 3 is 1.00 bits per heavy atom. The minimum absolute atomic E-state index is 0.601. The van der Waals surface area contributed by atoms with E-state index in [4.69, 9.17) is 23.7 Å². The molecule has 0 heterocycles. The van der Waals surface area contributed by atoms with E-state index in [-0.39, 0.29) is 0 Å². The van der Waals surface area contributed by atoms with Crippen molar-refractivity contribution in [3.05, 3.63) is 25.3 Å². The van der Waals surface area contributed by atoms with Crippen LogP contribution in [0, 0.1) is 5.92 Å². The lowest BCUT2D eigenvalue weighted by molar-refractivity contribution is -0.0143. The highest BCUT2D eigenvalue weighted by atomic mass is 16.6. The first-order valence-electron chi connectivity index (χ1n) is 22.5. The van der Waals surface area contributed by atoms with E-state index in [1.54, 1.807) is 0 Å². The van der Waals surface area contributed by atoms with Crippen LogP contribution in [0.5, 0.6) is 0 Å². The average Bonchev–Trinajstić information content (AvgIpc) is 3.14. The van der Waals surface area contributed by atoms with Gasteiger partial charge in [-0.15, -0.1) is 13.2 Å². The molecule has 0 aliphatic carbocycles. The van der Waals surface area contributed by atoms with Crippen LogP contribution in [0.2, 0.25) is 0 Å². The topological polar surface area (TPSA) is 46.2 Å². The van der Waals surface area contributed by atoms with E-state index >= 15 is 0 Å². The fraction of sp³-hybridized carbons (Fsp3) is 0.913. The van der Waals surface area contributed by atoms with Crippen LogP contribution in [0.3, 0.4) is 0 Å². The molecule has 0 spiro atoms. The van der Waals surface area contributed by atoms with Crippen molar-refractivity contribution < 1.29 is 23.7 Å². The number of hydrogen-bond donors (Lipinski definition) is 0. The highest BCUT2D eigenvalue weighted by Crippen LogP contribution is 2.20. The second kappa shape index (κ2) is 47.3. The summed E-state index contributed by atoms with van der Waals surface area (Å²) < 4.78 is 28.9. The Bertz CT molecular complexity index is 615. The SMILES string of the molecule is C=CCCCCCCCCCC(CCCCCCCCCC=C)COCCOCCOCCOCCOCCCCCCCCCCCCCC. The zero-order valence-corrected chi connectivity index (χ0v) is 34.5. The van der Waals surface area contributed by atoms with Gasteiger partial charge >= 0.3 is 0 Å². The zero-order chi connectivity index (χ0) is 36.8. The van der Waals surface area contributed by atoms with Crippen LogP contribution in [0.25, 0.3) is 0 Å². The first-order chi connectivity index (χ1) is 25.3. The van der Waals surface area contributed by atoms with Crippen molar-refractivity contribution in [3.8, 4) is 0 Å². The molecule has 5 nitrogen and oxygen atoms in total. The molecule has 0 amide bonds. The first kappa shape index (κ1) is 50.3. The fourth-order valence-corrected chi connectivity index (χ4v) is 6.70. The van der Waals surface area contributed by atoms with E-state index in [9.17, 15) is 0 Å². The summed E-state index contributed by atoms with van der Waals surface area (Å²) in [5.74, 6) is 0.688. The maximum absolute atomic E-state index is 6.10. The Kier molecular flexibility index (Phi) is 46.6. The molecular weight excluding hydrogens is 633 g/mol. The lowest BCUT2D eigenvalue weighted by Gasteiger charge is -2.17. The standard InChI is InChI=1S/C46H90O5/c1-4-7-10-13-16-19-20-21-24-27-30-33-36-47-37-38-48-39-40-49-41-42-50-43-44-51-45-46(34-31-28-25-22-17-14-11-8-5-2)35-32-29-26-23-18-15-12-9-6-3/h5-6,46H,2-4,7-45H2,1H3. The van der Waals surface area contributed by atoms with Crippen LogP contribution in [0.4, 0.5) is 0 Å². The van der Waals surface area contributed by atoms with Crippen molar-refractivity contribution in [2.45, 2.75) is 200 Å². The molecule has 0 aliphatic heterocycles. The van der Waals surface area contributed by atoms with Gasteiger partial charge in [0.2, 0.25) is 0 Å². The minimum Gasteiger partial charge on any atom is -0.379 e. The van der Waals surface area contributed by atoms with Crippen LogP contribution in [-0.4, -0.2) is 66.1 Å². The quantitative estimate of drug-likeness (QED) is 0.0462. The highest BCUT2D eigenvalue weighted by molar-refractivity contribution is 4.66. The third kappa shape index (κ3) is 45.4. The van der Waals surface area contributed by atoms with Crippen molar-refractivity contribution >= 4 is 0 Å². The van der Waals surface area contributed by atoms with Crippen LogP contribution >= 0.6 is 0 Å². The third-order valence-corrected chi connectivity index (χ3v) is 10.0. The van der Waals surface area contributed by atoms with Gasteiger partial charge in [0.25, 0.3) is 0 Å². The maximum Gasteiger partial charge on any atom is 0.0701 e. The van der Waals surface area contributed by atoms with Crippen molar-refractivity contribution in [2.75, 3.05) is 66.1 Å². The predicted octanol–water partition coefficient (Wildman–Crippen LogP) is 13.8. The number of allylic oxidation sites excluding steroid dienone is 2. The number of hydrogen-bond acceptors (Lipinski definition) is 5. The van der Waals surface area contributed by atoms with Gasteiger partial charge in [-0.3, -0.25) is 0 Å². The van der Waals surface area contributed by atoms with Gasteiger partial charge in [0, 0.05) is 13.2 Å². The molecule has 0 saturated carbocycles. The smallest absolute Gasteiger partial charge is 0.0701 e. The molecule has 0 fully saturated rings. The normalized spacial score (nSPS) is 11.6. The molecule has 0 saturated heterocycles. The molecule has 0 aliphatic rings. The van der Waals surface area contributed by atoms with Crippen LogP contribution < -0.4 is 0 Å². The summed E-state index contributed by atoms with van der Waals surface area (Å²) >= 11 is 0. The zero-order valence-electron chi connectivity index (χ0n) is 34.5. The number of unbranched alkanes of at least 4 members (excludes halogenated alkanes) is 25. The number of rotatable bonds is 47. The molecular formula is C46H90O5. The molecule has 0 aromatic rings. The summed E-state index contributed by atoms with van der Waals surface area (Å²) in [6.45, 7) is 16.7. The van der Waals surface area contributed by atoms with E-state index in [0.29, 0.717) is 58.8 Å². The predicted molar refractivity (Wildman–Crippen MR) is 222 cm³/mol. The van der Waals surface area contributed by atoms with Crippen LogP contribution in [0.1, 0.15) is 200 Å². The van der Waals surface area contributed by atoms with Gasteiger partial charge in [-0.1, -0.05) is 167 Å². The molecule has 0 unspecified atom stereocenters. The number of ether oxygens (including phenoxy) is 5. The van der Waals surface area contributed by atoms with Gasteiger partial charge < -0.3 is 23.7 Å². The third-order valence-electron chi connectivity index (χ3n) is 10.0. The van der Waals surface area contributed by atoms with Crippen molar-refractivity contribution in [3.63, 3.8) is 0 Å². The molecule has 0 bridgehead atoms. The first-order valence-corrected chi connectivity index (χ1v) is 22.5. The van der Waals surface area contributed by atoms with E-state index in [1.165, 1.54) is 193 Å². The molecule has 0 radical (unpaired) electrons. The van der Waals surface area contributed by atoms with E-state index in [2.05, 4.69) is 20.1 Å². The lowest BCUT2D eigenvalue weighted by Crippen LogP contribution is -2.15. The molecule has 304 valence electrons. The van der Waals surface area contributed by atoms with Crippen LogP contribution in [0.15, 0.2) is 25.3 Å². The second-order valence-corrected chi connectivity index (χ2v) is 15.0. The summed E-state index contributed by atoms with van der Waals surface area (Å²) in [4.78, 5) is 0. The van der Waals surface area contributed by atoms with Gasteiger partial charge in [0.05, 0.1) is 52.9 Å². The maximum atomic E-state index is 6.10. The minimum atomic E-state index is 0.601. The Balaban J connectivity index is 3.63. The van der Waals surface area contributed by atoms with E-state index < -0.39 is 0 Å². The summed E-state index contributed by atoms with van der Waals surface area (Å²) in [6, 6.07) is 0. The summed E-state index contributed by atoms with van der Waals surface area (Å²) in [6.07, 6.45) is 44.5. The molecule has 0 aromatic carbocycles. The fourth-order valence-electron chi connectivity index (χ4n) is 6.70. The monoisotopic (exact) mass is 723 g/mol. The van der Waals surface area contributed by atoms with E-state index in [1.807, 2.05) is 12.2 Å². The Labute approximate surface area is 319 Å². The summed E-state index contributed by atoms with van der Waals surface area (Å²) in [7, 11) is 0. The second-order valence-electron chi connectivity index (χ2n) is 15.0. The van der Waals surface area contributed by atoms with Crippen LogP contribution in [-0.2, 0) is 23.7 Å². The van der Waals surface area contributed by atoms with Crippen molar-refractivity contribution in [2.24, 2.45) is 5.92 Å². The molecule has 5 heteroatoms.